The van der Waals surface area contributed by atoms with Crippen molar-refractivity contribution in [3.8, 4) is 11.6 Å². The van der Waals surface area contributed by atoms with Gasteiger partial charge < -0.3 is 14.3 Å². The van der Waals surface area contributed by atoms with Gasteiger partial charge in [0.1, 0.15) is 11.7 Å². The van der Waals surface area contributed by atoms with E-state index in [2.05, 4.69) is 30.4 Å². The quantitative estimate of drug-likeness (QED) is 0.475. The maximum Gasteiger partial charge on any atom is 0.312 e. The van der Waals surface area contributed by atoms with Gasteiger partial charge in [0, 0.05) is 38.1 Å². The van der Waals surface area contributed by atoms with Crippen molar-refractivity contribution in [2.75, 3.05) is 6.54 Å². The van der Waals surface area contributed by atoms with Crippen LogP contribution in [0.4, 0.5) is 0 Å². The summed E-state index contributed by atoms with van der Waals surface area (Å²) in [5.41, 5.74) is 3.93. The standard InChI is InChI=1S/C20H17N9O2/c1-27-8-5-14(25-27)18-23-24-19(31-18)20(30)28-9-6-13-16(22-11-21-13)17(28)15-10-12-4-2-3-7-29(12)26-15/h2-5,7-8,10-11,17H,6,9H2,1H3,(H,21,22). The highest BCUT2D eigenvalue weighted by Gasteiger charge is 2.38. The number of aromatic amines is 1. The number of aromatic nitrogens is 8. The van der Waals surface area contributed by atoms with Gasteiger partial charge in [-0.25, -0.2) is 9.50 Å². The van der Waals surface area contributed by atoms with Crippen LogP contribution >= 0.6 is 0 Å². The molecule has 6 heterocycles. The van der Waals surface area contributed by atoms with Gasteiger partial charge in [-0.3, -0.25) is 9.48 Å². The Labute approximate surface area is 175 Å². The maximum absolute atomic E-state index is 13.4. The second kappa shape index (κ2) is 6.62. The average Bonchev–Trinajstić information content (AvgIpc) is 3.57. The van der Waals surface area contributed by atoms with Crippen molar-refractivity contribution < 1.29 is 9.21 Å². The number of H-pyrrole nitrogens is 1. The highest BCUT2D eigenvalue weighted by Crippen LogP contribution is 2.34. The SMILES string of the molecule is Cn1ccc(-c2nnc(C(=O)N3CCc4[nH]cnc4C3c3cc4ccccn4n3)o2)n1. The van der Waals surface area contributed by atoms with E-state index in [1.54, 1.807) is 39.7 Å². The number of hydrogen-bond donors (Lipinski definition) is 1. The Hall–Kier alpha value is -4.28. The minimum absolute atomic E-state index is 0.0894. The fraction of sp³-hybridized carbons (Fsp3) is 0.200. The molecule has 1 unspecified atom stereocenters. The van der Waals surface area contributed by atoms with Crippen molar-refractivity contribution in [2.24, 2.45) is 7.05 Å². The van der Waals surface area contributed by atoms with Crippen molar-refractivity contribution in [3.63, 3.8) is 0 Å². The Bertz CT molecular complexity index is 1380. The Kier molecular flexibility index (Phi) is 3.75. The number of pyridine rings is 1. The van der Waals surface area contributed by atoms with Crippen LogP contribution in [-0.4, -0.2) is 56.9 Å². The summed E-state index contributed by atoms with van der Waals surface area (Å²) in [6, 6.07) is 9.06. The molecule has 0 saturated carbocycles. The zero-order valence-electron chi connectivity index (χ0n) is 16.5. The van der Waals surface area contributed by atoms with Crippen LogP contribution in [-0.2, 0) is 13.5 Å². The highest BCUT2D eigenvalue weighted by molar-refractivity contribution is 5.90. The van der Waals surface area contributed by atoms with Crippen molar-refractivity contribution in [3.05, 3.63) is 72.0 Å². The lowest BCUT2D eigenvalue weighted by Gasteiger charge is -2.32. The van der Waals surface area contributed by atoms with Crippen LogP contribution in [0.15, 0.2) is 53.5 Å². The number of carbonyl (C=O) groups is 1. The number of amides is 1. The lowest BCUT2D eigenvalue weighted by atomic mass is 9.99. The van der Waals surface area contributed by atoms with Crippen molar-refractivity contribution in [1.29, 1.82) is 0 Å². The summed E-state index contributed by atoms with van der Waals surface area (Å²) < 4.78 is 9.08. The number of hydrogen-bond acceptors (Lipinski definition) is 7. The largest absolute Gasteiger partial charge is 0.411 e. The molecule has 0 radical (unpaired) electrons. The van der Waals surface area contributed by atoms with E-state index in [1.807, 2.05) is 30.5 Å². The third kappa shape index (κ3) is 2.81. The summed E-state index contributed by atoms with van der Waals surface area (Å²) in [6.45, 7) is 0.466. The molecule has 1 atom stereocenters. The molecule has 0 saturated heterocycles. The van der Waals surface area contributed by atoms with Gasteiger partial charge in [-0.1, -0.05) is 6.07 Å². The zero-order valence-corrected chi connectivity index (χ0v) is 16.5. The second-order valence-corrected chi connectivity index (χ2v) is 7.34. The molecule has 0 aliphatic carbocycles. The first-order chi connectivity index (χ1) is 15.2. The average molecular weight is 415 g/mol. The minimum atomic E-state index is -0.465. The third-order valence-electron chi connectivity index (χ3n) is 5.40. The summed E-state index contributed by atoms with van der Waals surface area (Å²) in [7, 11) is 1.79. The second-order valence-electron chi connectivity index (χ2n) is 7.34. The lowest BCUT2D eigenvalue weighted by molar-refractivity contribution is 0.0646. The Balaban J connectivity index is 1.40. The predicted molar refractivity (Wildman–Crippen MR) is 107 cm³/mol. The molecule has 1 N–H and O–H groups in total. The predicted octanol–water partition coefficient (Wildman–Crippen LogP) is 1.63. The third-order valence-corrected chi connectivity index (χ3v) is 5.40. The molecule has 0 spiro atoms. The minimum Gasteiger partial charge on any atom is -0.411 e. The van der Waals surface area contributed by atoms with Crippen molar-refractivity contribution in [1.82, 2.24) is 44.5 Å². The maximum atomic E-state index is 13.4. The molecule has 1 aliphatic rings. The van der Waals surface area contributed by atoms with Crippen LogP contribution in [0.25, 0.3) is 17.1 Å². The molecular weight excluding hydrogens is 398 g/mol. The lowest BCUT2D eigenvalue weighted by Crippen LogP contribution is -2.41. The molecule has 154 valence electrons. The monoisotopic (exact) mass is 415 g/mol. The van der Waals surface area contributed by atoms with Crippen LogP contribution in [0.3, 0.4) is 0 Å². The molecule has 5 aromatic rings. The first-order valence-corrected chi connectivity index (χ1v) is 9.78. The number of carbonyl (C=O) groups excluding carboxylic acids is 1. The summed E-state index contributed by atoms with van der Waals surface area (Å²) in [4.78, 5) is 22.8. The van der Waals surface area contributed by atoms with Crippen molar-refractivity contribution in [2.45, 2.75) is 12.5 Å². The van der Waals surface area contributed by atoms with Gasteiger partial charge in [0.05, 0.1) is 23.2 Å². The van der Waals surface area contributed by atoms with Crippen LogP contribution in [0.2, 0.25) is 0 Å². The number of fused-ring (bicyclic) bond motifs is 2. The van der Waals surface area contributed by atoms with Crippen molar-refractivity contribution >= 4 is 11.4 Å². The molecule has 0 fully saturated rings. The molecule has 6 rings (SSSR count). The van der Waals surface area contributed by atoms with Gasteiger partial charge in [-0.2, -0.15) is 10.2 Å². The number of imidazole rings is 1. The van der Waals surface area contributed by atoms with E-state index in [-0.39, 0.29) is 17.7 Å². The normalized spacial score (nSPS) is 16.0. The summed E-state index contributed by atoms with van der Waals surface area (Å²) >= 11 is 0. The van der Waals surface area contributed by atoms with Gasteiger partial charge in [0.25, 0.3) is 5.89 Å². The molecule has 31 heavy (non-hydrogen) atoms. The summed E-state index contributed by atoms with van der Waals surface area (Å²) in [5, 5.41) is 16.9. The van der Waals surface area contributed by atoms with E-state index < -0.39 is 6.04 Å². The Morgan fingerprint density at radius 3 is 2.97 bits per heavy atom. The van der Waals surface area contributed by atoms with E-state index in [0.29, 0.717) is 18.7 Å². The first-order valence-electron chi connectivity index (χ1n) is 9.78. The summed E-state index contributed by atoms with van der Waals surface area (Å²) in [6.07, 6.45) is 5.93. The highest BCUT2D eigenvalue weighted by atomic mass is 16.4. The number of aryl methyl sites for hydroxylation is 1. The molecule has 1 aliphatic heterocycles. The Morgan fingerprint density at radius 1 is 1.19 bits per heavy atom. The number of rotatable bonds is 3. The fourth-order valence-electron chi connectivity index (χ4n) is 3.95. The van der Waals surface area contributed by atoms with E-state index >= 15 is 0 Å². The molecule has 0 aromatic carbocycles. The van der Waals surface area contributed by atoms with Crippen LogP contribution in [0, 0.1) is 0 Å². The Morgan fingerprint density at radius 2 is 2.13 bits per heavy atom. The van der Waals surface area contributed by atoms with Gasteiger partial charge in [0.15, 0.2) is 0 Å². The molecule has 11 heteroatoms. The van der Waals surface area contributed by atoms with Gasteiger partial charge in [-0.05, 0) is 24.3 Å². The zero-order chi connectivity index (χ0) is 20.9. The first kappa shape index (κ1) is 17.6. The summed E-state index contributed by atoms with van der Waals surface area (Å²) in [5.74, 6) is -0.260. The van der Waals surface area contributed by atoms with Gasteiger partial charge in [0.2, 0.25) is 0 Å². The van der Waals surface area contributed by atoms with Gasteiger partial charge in [-0.15, -0.1) is 10.2 Å². The van der Waals surface area contributed by atoms with E-state index in [1.165, 1.54) is 0 Å². The molecule has 0 bridgehead atoms. The molecule has 11 nitrogen and oxygen atoms in total. The molecule has 5 aromatic heterocycles. The number of nitrogens with zero attached hydrogens (tertiary/aromatic N) is 8. The van der Waals surface area contributed by atoms with E-state index in [0.717, 1.165) is 22.6 Å². The smallest absolute Gasteiger partial charge is 0.312 e. The van der Waals surface area contributed by atoms with Gasteiger partial charge >= 0.3 is 11.8 Å². The van der Waals surface area contributed by atoms with E-state index in [4.69, 9.17) is 4.42 Å². The van der Waals surface area contributed by atoms with Crippen LogP contribution in [0.5, 0.6) is 0 Å². The van der Waals surface area contributed by atoms with Crippen LogP contribution < -0.4 is 0 Å². The van der Waals surface area contributed by atoms with Crippen LogP contribution in [0.1, 0.15) is 33.8 Å². The molecular formula is C20H17N9O2. The van der Waals surface area contributed by atoms with E-state index in [9.17, 15) is 4.79 Å². The number of nitrogens with one attached hydrogen (secondary N) is 1. The molecule has 1 amide bonds. The fourth-order valence-corrected chi connectivity index (χ4v) is 3.95. The topological polar surface area (TPSA) is 123 Å².